The average Bonchev–Trinajstić information content (AvgIpc) is 2.82. The van der Waals surface area contributed by atoms with E-state index in [4.69, 9.17) is 4.74 Å². The van der Waals surface area contributed by atoms with Crippen LogP contribution in [0.4, 0.5) is 17.1 Å². The number of nitrogens with zero attached hydrogens (tertiary/aromatic N) is 1. The van der Waals surface area contributed by atoms with Crippen molar-refractivity contribution in [2.75, 3.05) is 28.7 Å². The zero-order valence-corrected chi connectivity index (χ0v) is 18.5. The van der Waals surface area contributed by atoms with Crippen LogP contribution in [0.5, 0.6) is 5.75 Å². The summed E-state index contributed by atoms with van der Waals surface area (Å²) in [7, 11) is 0. The number of hydrogen-bond donors (Lipinski definition) is 2. The van der Waals surface area contributed by atoms with Crippen molar-refractivity contribution in [1.29, 1.82) is 0 Å². The van der Waals surface area contributed by atoms with Gasteiger partial charge in [0.2, 0.25) is 5.91 Å². The van der Waals surface area contributed by atoms with E-state index in [1.807, 2.05) is 30.3 Å². The number of carbonyl (C=O) groups is 3. The van der Waals surface area contributed by atoms with Crippen LogP contribution in [-0.2, 0) is 9.59 Å². The van der Waals surface area contributed by atoms with Gasteiger partial charge in [-0.2, -0.15) is 0 Å². The summed E-state index contributed by atoms with van der Waals surface area (Å²) >= 11 is 0. The summed E-state index contributed by atoms with van der Waals surface area (Å²) in [6.45, 7) is 4.06. The predicted molar refractivity (Wildman–Crippen MR) is 128 cm³/mol. The molecule has 0 radical (unpaired) electrons. The molecule has 1 heterocycles. The van der Waals surface area contributed by atoms with Gasteiger partial charge < -0.3 is 15.4 Å². The molecule has 0 aromatic heterocycles. The van der Waals surface area contributed by atoms with Crippen molar-refractivity contribution >= 4 is 34.8 Å². The first kappa shape index (κ1) is 22.1. The Morgan fingerprint density at radius 1 is 1.00 bits per heavy atom. The van der Waals surface area contributed by atoms with Crippen molar-refractivity contribution in [1.82, 2.24) is 0 Å². The fraction of sp³-hybridized carbons (Fsp3) is 0.192. The first-order valence-corrected chi connectivity index (χ1v) is 10.7. The Kier molecular flexibility index (Phi) is 6.40. The van der Waals surface area contributed by atoms with Crippen LogP contribution in [-0.4, -0.2) is 30.9 Å². The highest BCUT2D eigenvalue weighted by Gasteiger charge is 2.27. The Bertz CT molecular complexity index is 1170. The van der Waals surface area contributed by atoms with Crippen LogP contribution >= 0.6 is 0 Å². The van der Waals surface area contributed by atoms with E-state index in [9.17, 15) is 14.4 Å². The van der Waals surface area contributed by atoms with Gasteiger partial charge in [-0.3, -0.25) is 19.3 Å². The highest BCUT2D eigenvalue weighted by molar-refractivity contribution is 6.15. The minimum absolute atomic E-state index is 0.0518. The summed E-state index contributed by atoms with van der Waals surface area (Å²) in [5.74, 6) is 0.220. The molecule has 0 aliphatic carbocycles. The maximum absolute atomic E-state index is 13.0. The summed E-state index contributed by atoms with van der Waals surface area (Å²) in [5.41, 5.74) is 3.42. The monoisotopic (exact) mass is 443 g/mol. The van der Waals surface area contributed by atoms with E-state index < -0.39 is 0 Å². The molecule has 2 N–H and O–H groups in total. The third kappa shape index (κ3) is 5.20. The molecule has 1 aliphatic rings. The van der Waals surface area contributed by atoms with Gasteiger partial charge in [-0.15, -0.1) is 0 Å². The number of nitrogens with one attached hydrogen (secondary N) is 2. The van der Waals surface area contributed by atoms with Crippen molar-refractivity contribution in [3.63, 3.8) is 0 Å². The predicted octanol–water partition coefficient (Wildman–Crippen LogP) is 4.43. The van der Waals surface area contributed by atoms with Gasteiger partial charge in [0, 0.05) is 11.3 Å². The van der Waals surface area contributed by atoms with Gasteiger partial charge in [0.25, 0.3) is 11.8 Å². The molecule has 0 fully saturated rings. The normalized spacial score (nSPS) is 12.7. The van der Waals surface area contributed by atoms with E-state index in [1.54, 1.807) is 42.5 Å². The first-order valence-electron chi connectivity index (χ1n) is 10.7. The molecule has 33 heavy (non-hydrogen) atoms. The maximum Gasteiger partial charge on any atom is 0.262 e. The number of carbonyl (C=O) groups excluding carboxylic acids is 3. The molecular formula is C26H25N3O4. The summed E-state index contributed by atoms with van der Waals surface area (Å²) in [6, 6.07) is 21.4. The molecular weight excluding hydrogens is 418 g/mol. The number of anilines is 3. The molecule has 3 amide bonds. The SMILES string of the molecule is CC(C)c1ccc(OCC(=O)Nc2ccc(C(=O)N3CC(=O)Nc4ccccc43)cc2)cc1. The molecule has 0 spiro atoms. The van der Waals surface area contributed by atoms with Crippen molar-refractivity contribution in [2.24, 2.45) is 0 Å². The van der Waals surface area contributed by atoms with Crippen LogP contribution in [0.2, 0.25) is 0 Å². The van der Waals surface area contributed by atoms with Crippen LogP contribution in [0.1, 0.15) is 35.7 Å². The Labute approximate surface area is 192 Å². The van der Waals surface area contributed by atoms with Gasteiger partial charge in [-0.1, -0.05) is 38.1 Å². The topological polar surface area (TPSA) is 87.7 Å². The minimum atomic E-state index is -0.302. The number of para-hydroxylation sites is 2. The lowest BCUT2D eigenvalue weighted by atomic mass is 10.0. The standard InChI is InChI=1S/C26H25N3O4/c1-17(2)18-9-13-21(14-10-18)33-16-25(31)27-20-11-7-19(8-12-20)26(32)29-15-24(30)28-22-5-3-4-6-23(22)29/h3-14,17H,15-16H2,1-2H3,(H,27,31)(H,28,30). The number of amides is 3. The molecule has 7 nitrogen and oxygen atoms in total. The lowest BCUT2D eigenvalue weighted by Crippen LogP contribution is -2.42. The molecule has 0 saturated carbocycles. The Morgan fingerprint density at radius 3 is 2.39 bits per heavy atom. The van der Waals surface area contributed by atoms with E-state index in [-0.39, 0.29) is 30.9 Å². The quantitative estimate of drug-likeness (QED) is 0.590. The zero-order chi connectivity index (χ0) is 23.4. The number of fused-ring (bicyclic) bond motifs is 1. The lowest BCUT2D eigenvalue weighted by molar-refractivity contribution is -0.118. The number of benzene rings is 3. The molecule has 0 saturated heterocycles. The molecule has 4 rings (SSSR count). The van der Waals surface area contributed by atoms with E-state index in [0.717, 1.165) is 0 Å². The van der Waals surface area contributed by atoms with Crippen LogP contribution in [0, 0.1) is 0 Å². The summed E-state index contributed by atoms with van der Waals surface area (Å²) in [6.07, 6.45) is 0. The van der Waals surface area contributed by atoms with Crippen molar-refractivity contribution in [3.8, 4) is 5.75 Å². The van der Waals surface area contributed by atoms with Gasteiger partial charge in [0.1, 0.15) is 12.3 Å². The maximum atomic E-state index is 13.0. The van der Waals surface area contributed by atoms with E-state index in [0.29, 0.717) is 34.3 Å². The molecule has 1 aliphatic heterocycles. The third-order valence-electron chi connectivity index (χ3n) is 5.35. The second-order valence-corrected chi connectivity index (χ2v) is 8.09. The van der Waals surface area contributed by atoms with Gasteiger partial charge >= 0.3 is 0 Å². The molecule has 0 atom stereocenters. The Hall–Kier alpha value is -4.13. The fourth-order valence-electron chi connectivity index (χ4n) is 3.56. The lowest BCUT2D eigenvalue weighted by Gasteiger charge is -2.29. The largest absolute Gasteiger partial charge is 0.484 e. The van der Waals surface area contributed by atoms with Crippen LogP contribution in [0.25, 0.3) is 0 Å². The highest BCUT2D eigenvalue weighted by atomic mass is 16.5. The van der Waals surface area contributed by atoms with Crippen molar-refractivity contribution < 1.29 is 19.1 Å². The van der Waals surface area contributed by atoms with Crippen LogP contribution in [0.15, 0.2) is 72.8 Å². The first-order chi connectivity index (χ1) is 15.9. The summed E-state index contributed by atoms with van der Waals surface area (Å²) in [4.78, 5) is 38.7. The average molecular weight is 444 g/mol. The summed E-state index contributed by atoms with van der Waals surface area (Å²) in [5, 5.41) is 5.52. The fourth-order valence-corrected chi connectivity index (χ4v) is 3.56. The van der Waals surface area contributed by atoms with Crippen LogP contribution in [0.3, 0.4) is 0 Å². The molecule has 168 valence electrons. The van der Waals surface area contributed by atoms with Gasteiger partial charge in [-0.05, 0) is 60.0 Å². The zero-order valence-electron chi connectivity index (χ0n) is 18.5. The van der Waals surface area contributed by atoms with E-state index >= 15 is 0 Å². The van der Waals surface area contributed by atoms with Crippen LogP contribution < -0.4 is 20.3 Å². The molecule has 7 heteroatoms. The Morgan fingerprint density at radius 2 is 1.70 bits per heavy atom. The minimum Gasteiger partial charge on any atom is -0.484 e. The Balaban J connectivity index is 1.36. The number of rotatable bonds is 6. The number of ether oxygens (including phenoxy) is 1. The number of hydrogen-bond acceptors (Lipinski definition) is 4. The molecule has 3 aromatic carbocycles. The van der Waals surface area contributed by atoms with Gasteiger partial charge in [0.15, 0.2) is 6.61 Å². The smallest absolute Gasteiger partial charge is 0.262 e. The van der Waals surface area contributed by atoms with E-state index in [2.05, 4.69) is 24.5 Å². The molecule has 3 aromatic rings. The summed E-state index contributed by atoms with van der Waals surface area (Å²) < 4.78 is 5.55. The van der Waals surface area contributed by atoms with Crippen molar-refractivity contribution in [3.05, 3.63) is 83.9 Å². The highest BCUT2D eigenvalue weighted by Crippen LogP contribution is 2.30. The second-order valence-electron chi connectivity index (χ2n) is 8.09. The third-order valence-corrected chi connectivity index (χ3v) is 5.35. The van der Waals surface area contributed by atoms with Crippen molar-refractivity contribution in [2.45, 2.75) is 19.8 Å². The second kappa shape index (κ2) is 9.56. The van der Waals surface area contributed by atoms with Gasteiger partial charge in [0.05, 0.1) is 11.4 Å². The molecule has 0 bridgehead atoms. The molecule has 0 unspecified atom stereocenters. The van der Waals surface area contributed by atoms with Gasteiger partial charge in [-0.25, -0.2) is 0 Å². The van der Waals surface area contributed by atoms with E-state index in [1.165, 1.54) is 10.5 Å².